The number of Topliss-reactive ketones (excluding diaryl/α,β-unsaturated/α-hetero) is 1. The van der Waals surface area contributed by atoms with Gasteiger partial charge in [0.25, 0.3) is 0 Å². The molecular formula is C30H30Cl2F3N3O3S. The summed E-state index contributed by atoms with van der Waals surface area (Å²) < 4.78 is 51.6. The van der Waals surface area contributed by atoms with Crippen molar-refractivity contribution in [2.75, 3.05) is 49.7 Å². The van der Waals surface area contributed by atoms with Crippen molar-refractivity contribution in [1.82, 2.24) is 0 Å². The second kappa shape index (κ2) is 13.4. The molecule has 42 heavy (non-hydrogen) atoms. The predicted molar refractivity (Wildman–Crippen MR) is 161 cm³/mol. The van der Waals surface area contributed by atoms with E-state index in [1.54, 1.807) is 23.5 Å². The second-order valence-electron chi connectivity index (χ2n) is 10.1. The molecule has 12 heteroatoms. The van der Waals surface area contributed by atoms with E-state index in [0.717, 1.165) is 17.0 Å². The molecule has 3 aromatic rings. The number of hydrogen-bond acceptors (Lipinski definition) is 7. The number of thiophene rings is 1. The minimum Gasteiger partial charge on any atom is -0.378 e. The fourth-order valence-electron chi connectivity index (χ4n) is 5.44. The van der Waals surface area contributed by atoms with Gasteiger partial charge >= 0.3 is 6.18 Å². The minimum atomic E-state index is -4.49. The summed E-state index contributed by atoms with van der Waals surface area (Å²) >= 11 is 14.5. The van der Waals surface area contributed by atoms with E-state index in [9.17, 15) is 18.0 Å². The highest BCUT2D eigenvalue weighted by Gasteiger charge is 2.40. The van der Waals surface area contributed by atoms with Crippen molar-refractivity contribution in [2.45, 2.75) is 31.0 Å². The molecule has 224 valence electrons. The standard InChI is InChI=1S/C30H30Cl2F3N3O3S/c31-21-16-23-25(17-22(21)32)38(8-10-41-12-11-40-9-7-36)29(18-3-5-20(6-4-18)30(33,34)35)28-24(37-23)14-19(15-26(28)39)27-2-1-13-42-27/h1-6,13,16-17,19,29,37H,7-12,14-15,36H2. The van der Waals surface area contributed by atoms with Gasteiger partial charge in [0.2, 0.25) is 0 Å². The predicted octanol–water partition coefficient (Wildman–Crippen LogP) is 7.44. The first-order valence-corrected chi connectivity index (χ1v) is 15.2. The number of allylic oxidation sites excluding steroid dienone is 1. The van der Waals surface area contributed by atoms with E-state index in [0.29, 0.717) is 84.0 Å². The van der Waals surface area contributed by atoms with Gasteiger partial charge in [0.15, 0.2) is 5.78 Å². The van der Waals surface area contributed by atoms with Crippen molar-refractivity contribution in [2.24, 2.45) is 5.73 Å². The van der Waals surface area contributed by atoms with E-state index in [-0.39, 0.29) is 18.3 Å². The van der Waals surface area contributed by atoms with Gasteiger partial charge in [0, 0.05) is 41.6 Å². The molecule has 0 amide bonds. The largest absolute Gasteiger partial charge is 0.416 e. The lowest BCUT2D eigenvalue weighted by Crippen LogP contribution is -2.36. The summed E-state index contributed by atoms with van der Waals surface area (Å²) in [5.41, 5.74) is 7.78. The average molecular weight is 641 g/mol. The smallest absolute Gasteiger partial charge is 0.378 e. The number of carbonyl (C=O) groups is 1. The molecule has 1 aromatic heterocycles. The third-order valence-electron chi connectivity index (χ3n) is 7.34. The number of rotatable bonds is 10. The molecule has 1 aliphatic carbocycles. The van der Waals surface area contributed by atoms with Crippen molar-refractivity contribution < 1.29 is 27.4 Å². The van der Waals surface area contributed by atoms with Gasteiger partial charge in [-0.3, -0.25) is 4.79 Å². The molecule has 0 bridgehead atoms. The molecule has 0 saturated carbocycles. The molecule has 0 spiro atoms. The highest BCUT2D eigenvalue weighted by molar-refractivity contribution is 7.10. The number of fused-ring (bicyclic) bond motifs is 1. The number of hydrogen-bond donors (Lipinski definition) is 2. The van der Waals surface area contributed by atoms with Crippen LogP contribution < -0.4 is 16.0 Å². The van der Waals surface area contributed by atoms with Gasteiger partial charge in [-0.1, -0.05) is 41.4 Å². The Morgan fingerprint density at radius 3 is 2.38 bits per heavy atom. The topological polar surface area (TPSA) is 76.8 Å². The third-order valence-corrected chi connectivity index (χ3v) is 9.09. The number of ether oxygens (including phenoxy) is 2. The van der Waals surface area contributed by atoms with Crippen LogP contribution in [0.15, 0.2) is 65.2 Å². The lowest BCUT2D eigenvalue weighted by Gasteiger charge is -2.36. The number of alkyl halides is 3. The Balaban J connectivity index is 1.58. The molecule has 5 rings (SSSR count). The number of carbonyl (C=O) groups excluding carboxylic acids is 1. The quantitative estimate of drug-likeness (QED) is 0.225. The summed E-state index contributed by atoms with van der Waals surface area (Å²) in [5.74, 6) is -0.0928. The maximum absolute atomic E-state index is 14.0. The Morgan fingerprint density at radius 2 is 1.71 bits per heavy atom. The van der Waals surface area contributed by atoms with Crippen LogP contribution in [0.5, 0.6) is 0 Å². The molecule has 2 atom stereocenters. The van der Waals surface area contributed by atoms with E-state index < -0.39 is 17.8 Å². The molecule has 3 N–H and O–H groups in total. The monoisotopic (exact) mass is 639 g/mol. The summed E-state index contributed by atoms with van der Waals surface area (Å²) in [6, 6.07) is 11.7. The zero-order valence-electron chi connectivity index (χ0n) is 22.6. The zero-order valence-corrected chi connectivity index (χ0v) is 24.9. The average Bonchev–Trinajstić information content (AvgIpc) is 3.46. The van der Waals surface area contributed by atoms with Crippen molar-refractivity contribution >= 4 is 51.7 Å². The van der Waals surface area contributed by atoms with Gasteiger partial charge in [0.1, 0.15) is 0 Å². The first-order chi connectivity index (χ1) is 20.2. The van der Waals surface area contributed by atoms with Gasteiger partial charge in [-0.15, -0.1) is 11.3 Å². The summed E-state index contributed by atoms with van der Waals surface area (Å²) in [4.78, 5) is 17.1. The molecule has 2 aromatic carbocycles. The summed E-state index contributed by atoms with van der Waals surface area (Å²) in [6.45, 7) is 2.12. The number of nitrogens with two attached hydrogens (primary N) is 1. The fraction of sp³-hybridized carbons (Fsp3) is 0.367. The van der Waals surface area contributed by atoms with Crippen molar-refractivity contribution in [3.63, 3.8) is 0 Å². The molecular weight excluding hydrogens is 610 g/mol. The number of nitrogens with zero attached hydrogens (tertiary/aromatic N) is 1. The van der Waals surface area contributed by atoms with Crippen molar-refractivity contribution in [1.29, 1.82) is 0 Å². The van der Waals surface area contributed by atoms with E-state index in [1.807, 2.05) is 22.4 Å². The van der Waals surface area contributed by atoms with Gasteiger partial charge in [0.05, 0.1) is 59.5 Å². The maximum Gasteiger partial charge on any atom is 0.416 e. The lowest BCUT2D eigenvalue weighted by molar-refractivity contribution is -0.137. The Hall–Kier alpha value is -2.60. The van der Waals surface area contributed by atoms with Gasteiger partial charge in [-0.25, -0.2) is 0 Å². The molecule has 0 radical (unpaired) electrons. The Morgan fingerprint density at radius 1 is 1.00 bits per heavy atom. The Labute approximate surface area is 256 Å². The summed E-state index contributed by atoms with van der Waals surface area (Å²) in [5, 5.41) is 6.10. The van der Waals surface area contributed by atoms with Gasteiger partial charge < -0.3 is 25.4 Å². The van der Waals surface area contributed by atoms with E-state index in [1.165, 1.54) is 12.1 Å². The summed E-state index contributed by atoms with van der Waals surface area (Å²) in [7, 11) is 0. The number of halogens is 5. The number of ketones is 1. The van der Waals surface area contributed by atoms with Crippen LogP contribution in [-0.4, -0.2) is 45.3 Å². The van der Waals surface area contributed by atoms with E-state index >= 15 is 0 Å². The highest BCUT2D eigenvalue weighted by atomic mass is 35.5. The minimum absolute atomic E-state index is 0.0216. The molecule has 2 unspecified atom stereocenters. The Bertz CT molecular complexity index is 1430. The Kier molecular flexibility index (Phi) is 9.81. The molecule has 0 fully saturated rings. The van der Waals surface area contributed by atoms with Crippen molar-refractivity contribution in [3.8, 4) is 0 Å². The van der Waals surface area contributed by atoms with Crippen LogP contribution in [0.4, 0.5) is 24.5 Å². The third kappa shape index (κ3) is 6.79. The molecule has 0 saturated heterocycles. The van der Waals surface area contributed by atoms with Crippen LogP contribution in [0, 0.1) is 0 Å². The van der Waals surface area contributed by atoms with E-state index in [2.05, 4.69) is 5.32 Å². The summed E-state index contributed by atoms with van der Waals surface area (Å²) in [6.07, 6.45) is -3.64. The highest BCUT2D eigenvalue weighted by Crippen LogP contribution is 2.49. The lowest BCUT2D eigenvalue weighted by atomic mass is 9.80. The van der Waals surface area contributed by atoms with Crippen molar-refractivity contribution in [3.05, 3.63) is 91.2 Å². The van der Waals surface area contributed by atoms with Crippen LogP contribution in [0.1, 0.15) is 40.8 Å². The number of benzene rings is 2. The van der Waals surface area contributed by atoms with Crippen LogP contribution >= 0.6 is 34.5 Å². The SMILES string of the molecule is NCCOCCOCCN1c2cc(Cl)c(Cl)cc2NC2=C(C(=O)CC(c3cccs3)C2)C1c1ccc(C(F)(F)F)cc1. The molecule has 1 aliphatic heterocycles. The molecule has 2 heterocycles. The van der Waals surface area contributed by atoms with Crippen LogP contribution in [0.2, 0.25) is 10.0 Å². The van der Waals surface area contributed by atoms with Gasteiger partial charge in [-0.2, -0.15) is 13.2 Å². The van der Waals surface area contributed by atoms with Gasteiger partial charge in [-0.05, 0) is 47.7 Å². The second-order valence-corrected chi connectivity index (χ2v) is 11.9. The first kappa shape index (κ1) is 30.8. The molecule has 2 aliphatic rings. The van der Waals surface area contributed by atoms with Crippen LogP contribution in [0.25, 0.3) is 0 Å². The number of nitrogens with one attached hydrogen (secondary N) is 1. The zero-order chi connectivity index (χ0) is 29.9. The van der Waals surface area contributed by atoms with Crippen LogP contribution in [0.3, 0.4) is 0 Å². The van der Waals surface area contributed by atoms with Crippen LogP contribution in [-0.2, 0) is 20.4 Å². The number of anilines is 2. The normalized spacial score (nSPS) is 18.9. The fourth-order valence-corrected chi connectivity index (χ4v) is 6.59. The first-order valence-electron chi connectivity index (χ1n) is 13.5. The molecule has 6 nitrogen and oxygen atoms in total. The maximum atomic E-state index is 14.0. The van der Waals surface area contributed by atoms with E-state index in [4.69, 9.17) is 38.4 Å².